The molecule has 2 rings (SSSR count). The Hall–Kier alpha value is 0.240. The van der Waals surface area contributed by atoms with Crippen LogP contribution in [0.25, 0.3) is 0 Å². The van der Waals surface area contributed by atoms with Gasteiger partial charge in [-0.25, -0.2) is 8.42 Å². The van der Waals surface area contributed by atoms with Gasteiger partial charge in [-0.15, -0.1) is 11.6 Å². The maximum Gasteiger partial charge on any atom is 0.150 e. The quantitative estimate of drug-likeness (QED) is 0.735. The summed E-state index contributed by atoms with van der Waals surface area (Å²) in [7, 11) is -2.77. The molecule has 1 aliphatic carbocycles. The van der Waals surface area contributed by atoms with Gasteiger partial charge in [0, 0.05) is 5.38 Å². The van der Waals surface area contributed by atoms with Crippen molar-refractivity contribution >= 4 is 21.4 Å². The van der Waals surface area contributed by atoms with Crippen LogP contribution in [0.3, 0.4) is 0 Å². The molecule has 0 aromatic carbocycles. The highest BCUT2D eigenvalue weighted by molar-refractivity contribution is 7.91. The van der Waals surface area contributed by atoms with Gasteiger partial charge in [0.05, 0.1) is 11.5 Å². The molecular weight excluding hydrogens is 244 g/mol. The molecule has 2 nitrogen and oxygen atoms in total. The van der Waals surface area contributed by atoms with E-state index in [9.17, 15) is 8.42 Å². The van der Waals surface area contributed by atoms with Crippen molar-refractivity contribution in [3.63, 3.8) is 0 Å². The van der Waals surface area contributed by atoms with Gasteiger partial charge in [0.2, 0.25) is 0 Å². The van der Waals surface area contributed by atoms with Gasteiger partial charge >= 0.3 is 0 Å². The largest absolute Gasteiger partial charge is 0.229 e. The van der Waals surface area contributed by atoms with Gasteiger partial charge in [-0.2, -0.15) is 0 Å². The summed E-state index contributed by atoms with van der Waals surface area (Å²) in [5.74, 6) is 1.65. The molecule has 1 heterocycles. The van der Waals surface area contributed by atoms with Gasteiger partial charge in [0.15, 0.2) is 9.84 Å². The highest BCUT2D eigenvalue weighted by Crippen LogP contribution is 2.34. The second kappa shape index (κ2) is 5.26. The molecule has 4 heteroatoms. The van der Waals surface area contributed by atoms with Crippen molar-refractivity contribution in [1.29, 1.82) is 0 Å². The van der Waals surface area contributed by atoms with Gasteiger partial charge in [0.1, 0.15) is 0 Å². The predicted octanol–water partition coefficient (Wildman–Crippen LogP) is 3.00. The topological polar surface area (TPSA) is 34.1 Å². The van der Waals surface area contributed by atoms with Crippen molar-refractivity contribution in [3.05, 3.63) is 0 Å². The lowest BCUT2D eigenvalue weighted by Gasteiger charge is -2.25. The monoisotopic (exact) mass is 264 g/mol. The average molecular weight is 265 g/mol. The lowest BCUT2D eigenvalue weighted by atomic mass is 9.84. The van der Waals surface area contributed by atoms with Crippen LogP contribution in [-0.4, -0.2) is 25.3 Å². The highest BCUT2D eigenvalue weighted by atomic mass is 35.5. The molecular formula is C12H21ClO2S. The molecule has 0 aromatic rings. The minimum atomic E-state index is -2.77. The molecule has 1 aliphatic heterocycles. The average Bonchev–Trinajstić information content (AvgIpc) is 2.60. The fourth-order valence-electron chi connectivity index (χ4n) is 3.04. The SMILES string of the molecule is O=S1(=O)CCC(C(Cl)CC2CCCCC2)C1. The number of hydrogen-bond acceptors (Lipinski definition) is 2. The van der Waals surface area contributed by atoms with Crippen LogP contribution in [0.4, 0.5) is 0 Å². The lowest BCUT2D eigenvalue weighted by molar-refractivity contribution is 0.317. The van der Waals surface area contributed by atoms with E-state index in [0.717, 1.165) is 18.8 Å². The number of halogens is 1. The van der Waals surface area contributed by atoms with Crippen molar-refractivity contribution in [2.75, 3.05) is 11.5 Å². The number of rotatable bonds is 3. The van der Waals surface area contributed by atoms with E-state index in [1.807, 2.05) is 0 Å². The number of sulfone groups is 1. The lowest BCUT2D eigenvalue weighted by Crippen LogP contribution is -2.21. The summed E-state index contributed by atoms with van der Waals surface area (Å²) < 4.78 is 22.8. The summed E-state index contributed by atoms with van der Waals surface area (Å²) in [6.07, 6.45) is 8.42. The number of alkyl halides is 1. The Morgan fingerprint density at radius 1 is 1.12 bits per heavy atom. The van der Waals surface area contributed by atoms with Crippen LogP contribution < -0.4 is 0 Å². The minimum absolute atomic E-state index is 0.0837. The zero-order valence-corrected chi connectivity index (χ0v) is 11.3. The van der Waals surface area contributed by atoms with Gasteiger partial charge in [-0.05, 0) is 24.7 Å². The zero-order chi connectivity index (χ0) is 11.6. The van der Waals surface area contributed by atoms with Crippen LogP contribution in [0, 0.1) is 11.8 Å². The molecule has 2 aliphatic rings. The molecule has 2 atom stereocenters. The first-order valence-corrected chi connectivity index (χ1v) is 8.67. The molecule has 0 radical (unpaired) electrons. The summed E-state index contributed by atoms with van der Waals surface area (Å²) in [4.78, 5) is 0. The fourth-order valence-corrected chi connectivity index (χ4v) is 5.50. The number of hydrogen-bond donors (Lipinski definition) is 0. The maximum atomic E-state index is 11.4. The van der Waals surface area contributed by atoms with E-state index < -0.39 is 9.84 Å². The summed E-state index contributed by atoms with van der Waals surface area (Å²) in [5.41, 5.74) is 0. The Bertz CT molecular complexity index is 320. The molecule has 0 aromatic heterocycles. The maximum absolute atomic E-state index is 11.4. The van der Waals surface area contributed by atoms with Gasteiger partial charge in [-0.1, -0.05) is 32.1 Å². The molecule has 2 unspecified atom stereocenters. The first kappa shape index (κ1) is 12.7. The Morgan fingerprint density at radius 3 is 2.38 bits per heavy atom. The third kappa shape index (κ3) is 3.36. The molecule has 0 N–H and O–H groups in total. The first-order valence-electron chi connectivity index (χ1n) is 6.41. The second-order valence-electron chi connectivity index (χ2n) is 5.42. The Kier molecular flexibility index (Phi) is 4.17. The minimum Gasteiger partial charge on any atom is -0.229 e. The molecule has 1 saturated heterocycles. The second-order valence-corrected chi connectivity index (χ2v) is 8.21. The van der Waals surface area contributed by atoms with Crippen LogP contribution in [0.2, 0.25) is 0 Å². The molecule has 0 amide bonds. The molecule has 0 bridgehead atoms. The molecule has 2 fully saturated rings. The van der Waals surface area contributed by atoms with Gasteiger partial charge in [0.25, 0.3) is 0 Å². The Balaban J connectivity index is 1.81. The van der Waals surface area contributed by atoms with Crippen molar-refractivity contribution in [2.45, 2.75) is 50.3 Å². The summed E-state index contributed by atoms with van der Waals surface area (Å²) >= 11 is 6.38. The first-order chi connectivity index (χ1) is 7.57. The third-order valence-electron chi connectivity index (χ3n) is 4.06. The van der Waals surface area contributed by atoms with E-state index in [0.29, 0.717) is 11.5 Å². The standard InChI is InChI=1S/C12H21ClO2S/c13-12(8-10-4-2-1-3-5-10)11-6-7-16(14,15)9-11/h10-12H,1-9H2. The van der Waals surface area contributed by atoms with E-state index in [1.165, 1.54) is 32.1 Å². The summed E-state index contributed by atoms with van der Waals surface area (Å²) in [6.45, 7) is 0. The normalized spacial score (nSPS) is 32.7. The Labute approximate surface area is 104 Å². The van der Waals surface area contributed by atoms with E-state index in [2.05, 4.69) is 0 Å². The van der Waals surface area contributed by atoms with Crippen LogP contribution >= 0.6 is 11.6 Å². The van der Waals surface area contributed by atoms with Crippen LogP contribution in [0.15, 0.2) is 0 Å². The summed E-state index contributed by atoms with van der Waals surface area (Å²) in [6, 6.07) is 0. The Morgan fingerprint density at radius 2 is 1.81 bits per heavy atom. The van der Waals surface area contributed by atoms with E-state index >= 15 is 0 Å². The van der Waals surface area contributed by atoms with Crippen LogP contribution in [0.1, 0.15) is 44.9 Å². The van der Waals surface area contributed by atoms with Crippen molar-refractivity contribution in [1.82, 2.24) is 0 Å². The van der Waals surface area contributed by atoms with Crippen LogP contribution in [0.5, 0.6) is 0 Å². The molecule has 16 heavy (non-hydrogen) atoms. The van der Waals surface area contributed by atoms with Crippen molar-refractivity contribution < 1.29 is 8.42 Å². The van der Waals surface area contributed by atoms with Gasteiger partial charge < -0.3 is 0 Å². The highest BCUT2D eigenvalue weighted by Gasteiger charge is 2.33. The molecule has 0 spiro atoms. The molecule has 94 valence electrons. The molecule has 1 saturated carbocycles. The van der Waals surface area contributed by atoms with E-state index in [4.69, 9.17) is 11.6 Å². The fraction of sp³-hybridized carbons (Fsp3) is 1.00. The third-order valence-corrected chi connectivity index (χ3v) is 6.39. The van der Waals surface area contributed by atoms with Crippen molar-refractivity contribution in [3.8, 4) is 0 Å². The smallest absolute Gasteiger partial charge is 0.150 e. The van der Waals surface area contributed by atoms with Gasteiger partial charge in [-0.3, -0.25) is 0 Å². The van der Waals surface area contributed by atoms with E-state index in [1.54, 1.807) is 0 Å². The van der Waals surface area contributed by atoms with Crippen molar-refractivity contribution in [2.24, 2.45) is 11.8 Å². The van der Waals surface area contributed by atoms with E-state index in [-0.39, 0.29) is 11.3 Å². The predicted molar refractivity (Wildman–Crippen MR) is 67.6 cm³/mol. The summed E-state index contributed by atoms with van der Waals surface area (Å²) in [5, 5.41) is 0.0837. The zero-order valence-electron chi connectivity index (χ0n) is 9.70. The van der Waals surface area contributed by atoms with Crippen LogP contribution in [-0.2, 0) is 9.84 Å².